The fraction of sp³-hybridized carbons (Fsp3) is 0. The first-order chi connectivity index (χ1) is 6.61. The molecule has 0 heterocycles. The molecule has 0 spiro atoms. The lowest BCUT2D eigenvalue weighted by molar-refractivity contribution is -0.112. The zero-order chi connectivity index (χ0) is 10.6. The van der Waals surface area contributed by atoms with Crippen molar-refractivity contribution in [3.63, 3.8) is 0 Å². The Bertz CT molecular complexity index is 443. The highest BCUT2D eigenvalue weighted by Gasteiger charge is 2.00. The Balaban J connectivity index is 3.16. The van der Waals surface area contributed by atoms with Crippen molar-refractivity contribution in [1.82, 2.24) is 0 Å². The van der Waals surface area contributed by atoms with Crippen molar-refractivity contribution in [3.8, 4) is 11.8 Å². The van der Waals surface area contributed by atoms with E-state index >= 15 is 0 Å². The highest BCUT2D eigenvalue weighted by molar-refractivity contribution is 7.80. The standard InChI is InChI=1S/C10H8N2OS/c11-9(13)6-5-7-3-1-2-4-8(7)10(12)14/h1-4H,(H2,11,13)(H2,12,14). The van der Waals surface area contributed by atoms with E-state index in [0.717, 1.165) is 0 Å². The van der Waals surface area contributed by atoms with Gasteiger partial charge < -0.3 is 11.5 Å². The number of amides is 1. The molecule has 70 valence electrons. The van der Waals surface area contributed by atoms with Crippen molar-refractivity contribution in [2.45, 2.75) is 0 Å². The van der Waals surface area contributed by atoms with Crippen LogP contribution < -0.4 is 11.5 Å². The van der Waals surface area contributed by atoms with Crippen molar-refractivity contribution in [2.24, 2.45) is 11.5 Å². The molecular weight excluding hydrogens is 196 g/mol. The van der Waals surface area contributed by atoms with Gasteiger partial charge in [-0.15, -0.1) is 0 Å². The maximum absolute atomic E-state index is 10.4. The summed E-state index contributed by atoms with van der Waals surface area (Å²) in [5, 5.41) is 0. The molecule has 0 unspecified atom stereocenters. The van der Waals surface area contributed by atoms with Gasteiger partial charge in [0.25, 0.3) is 5.91 Å². The summed E-state index contributed by atoms with van der Waals surface area (Å²) in [5.41, 5.74) is 11.6. The molecule has 0 radical (unpaired) electrons. The first kappa shape index (κ1) is 10.2. The van der Waals surface area contributed by atoms with E-state index in [1.807, 2.05) is 0 Å². The quantitative estimate of drug-likeness (QED) is 0.505. The summed E-state index contributed by atoms with van der Waals surface area (Å²) in [5.74, 6) is 4.15. The molecular formula is C10H8N2OS. The van der Waals surface area contributed by atoms with Gasteiger partial charge in [0.2, 0.25) is 0 Å². The average Bonchev–Trinajstić information content (AvgIpc) is 2.15. The summed E-state index contributed by atoms with van der Waals surface area (Å²) < 4.78 is 0. The van der Waals surface area contributed by atoms with Gasteiger partial charge in [-0.3, -0.25) is 4.79 Å². The van der Waals surface area contributed by atoms with Crippen LogP contribution >= 0.6 is 12.2 Å². The van der Waals surface area contributed by atoms with Gasteiger partial charge in [0.05, 0.1) is 0 Å². The van der Waals surface area contributed by atoms with E-state index in [2.05, 4.69) is 11.8 Å². The largest absolute Gasteiger partial charge is 0.389 e. The van der Waals surface area contributed by atoms with E-state index in [-0.39, 0.29) is 4.99 Å². The van der Waals surface area contributed by atoms with Gasteiger partial charge >= 0.3 is 0 Å². The van der Waals surface area contributed by atoms with Gasteiger partial charge in [-0.2, -0.15) is 0 Å². The van der Waals surface area contributed by atoms with Crippen LogP contribution in [0, 0.1) is 11.8 Å². The van der Waals surface area contributed by atoms with Crippen LogP contribution in [0.2, 0.25) is 0 Å². The third-order valence-corrected chi connectivity index (χ3v) is 1.73. The molecule has 1 aromatic carbocycles. The van der Waals surface area contributed by atoms with Crippen LogP contribution in [0.15, 0.2) is 24.3 Å². The zero-order valence-electron chi connectivity index (χ0n) is 7.28. The average molecular weight is 204 g/mol. The highest BCUT2D eigenvalue weighted by Crippen LogP contribution is 2.06. The first-order valence-corrected chi connectivity index (χ1v) is 4.22. The smallest absolute Gasteiger partial charge is 0.293 e. The molecule has 4 N–H and O–H groups in total. The Labute approximate surface area is 87.1 Å². The lowest BCUT2D eigenvalue weighted by Crippen LogP contribution is -2.11. The number of rotatable bonds is 1. The fourth-order valence-electron chi connectivity index (χ4n) is 0.936. The predicted octanol–water partition coefficient (Wildman–Crippen LogP) is 0.158. The van der Waals surface area contributed by atoms with Crippen molar-refractivity contribution in [2.75, 3.05) is 0 Å². The minimum Gasteiger partial charge on any atom is -0.389 e. The van der Waals surface area contributed by atoms with E-state index in [1.54, 1.807) is 24.3 Å². The molecule has 0 aromatic heterocycles. The van der Waals surface area contributed by atoms with Crippen molar-refractivity contribution in [1.29, 1.82) is 0 Å². The zero-order valence-corrected chi connectivity index (χ0v) is 8.10. The number of nitrogens with two attached hydrogens (primary N) is 2. The molecule has 1 aromatic rings. The predicted molar refractivity (Wildman–Crippen MR) is 58.4 cm³/mol. The van der Waals surface area contributed by atoms with Crippen LogP contribution in [-0.4, -0.2) is 10.9 Å². The summed E-state index contributed by atoms with van der Waals surface area (Å²) in [6, 6.07) is 7.05. The molecule has 3 nitrogen and oxygen atoms in total. The van der Waals surface area contributed by atoms with Gasteiger partial charge in [0, 0.05) is 17.0 Å². The fourth-order valence-corrected chi connectivity index (χ4v) is 1.11. The van der Waals surface area contributed by atoms with E-state index in [1.165, 1.54) is 0 Å². The molecule has 0 saturated carbocycles. The van der Waals surface area contributed by atoms with Crippen LogP contribution in [0.5, 0.6) is 0 Å². The number of hydrogen-bond donors (Lipinski definition) is 2. The Morgan fingerprint density at radius 3 is 2.50 bits per heavy atom. The van der Waals surface area contributed by atoms with Gasteiger partial charge in [-0.25, -0.2) is 0 Å². The molecule has 1 amide bonds. The number of carbonyl (C=O) groups is 1. The Hall–Kier alpha value is -1.86. The van der Waals surface area contributed by atoms with E-state index < -0.39 is 5.91 Å². The topological polar surface area (TPSA) is 69.1 Å². The lowest BCUT2D eigenvalue weighted by Gasteiger charge is -1.99. The Morgan fingerprint density at radius 2 is 1.93 bits per heavy atom. The minimum absolute atomic E-state index is 0.249. The number of primary amides is 1. The number of benzene rings is 1. The highest BCUT2D eigenvalue weighted by atomic mass is 32.1. The van der Waals surface area contributed by atoms with Crippen molar-refractivity contribution >= 4 is 23.1 Å². The maximum atomic E-state index is 10.4. The summed E-state index contributed by atoms with van der Waals surface area (Å²) in [7, 11) is 0. The summed E-state index contributed by atoms with van der Waals surface area (Å²) in [6.07, 6.45) is 0. The Morgan fingerprint density at radius 1 is 1.29 bits per heavy atom. The van der Waals surface area contributed by atoms with Crippen LogP contribution in [-0.2, 0) is 4.79 Å². The van der Waals surface area contributed by atoms with Gasteiger partial charge in [0.1, 0.15) is 4.99 Å². The Kier molecular flexibility index (Phi) is 3.21. The van der Waals surface area contributed by atoms with Crippen LogP contribution in [0.3, 0.4) is 0 Å². The first-order valence-electron chi connectivity index (χ1n) is 3.81. The molecule has 4 heteroatoms. The SMILES string of the molecule is NC(=O)C#Cc1ccccc1C(N)=S. The third-order valence-electron chi connectivity index (χ3n) is 1.51. The molecule has 0 aliphatic rings. The van der Waals surface area contributed by atoms with Crippen molar-refractivity contribution in [3.05, 3.63) is 35.4 Å². The monoisotopic (exact) mass is 204 g/mol. The van der Waals surface area contributed by atoms with Crippen LogP contribution in [0.4, 0.5) is 0 Å². The number of thiocarbonyl (C=S) groups is 1. The maximum Gasteiger partial charge on any atom is 0.293 e. The van der Waals surface area contributed by atoms with Gasteiger partial charge in [-0.1, -0.05) is 36.3 Å². The molecule has 0 saturated heterocycles. The second-order valence-corrected chi connectivity index (χ2v) is 2.96. The van der Waals surface area contributed by atoms with E-state index in [0.29, 0.717) is 11.1 Å². The molecule has 14 heavy (non-hydrogen) atoms. The molecule has 0 fully saturated rings. The number of hydrogen-bond acceptors (Lipinski definition) is 2. The van der Waals surface area contributed by atoms with Gasteiger partial charge in [0.15, 0.2) is 0 Å². The molecule has 0 aliphatic carbocycles. The molecule has 0 aliphatic heterocycles. The third kappa shape index (κ3) is 2.57. The second-order valence-electron chi connectivity index (χ2n) is 2.52. The molecule has 0 atom stereocenters. The molecule has 1 rings (SSSR count). The van der Waals surface area contributed by atoms with Gasteiger partial charge in [-0.05, 0) is 6.07 Å². The normalized spacial score (nSPS) is 8.57. The van der Waals surface area contributed by atoms with Crippen molar-refractivity contribution < 1.29 is 4.79 Å². The minimum atomic E-state index is -0.678. The van der Waals surface area contributed by atoms with Crippen LogP contribution in [0.1, 0.15) is 11.1 Å². The molecule has 0 bridgehead atoms. The lowest BCUT2D eigenvalue weighted by atomic mass is 10.1. The number of carbonyl (C=O) groups excluding carboxylic acids is 1. The summed E-state index contributed by atoms with van der Waals surface area (Å²) in [6.45, 7) is 0. The van der Waals surface area contributed by atoms with E-state index in [4.69, 9.17) is 23.7 Å². The second kappa shape index (κ2) is 4.40. The summed E-state index contributed by atoms with van der Waals surface area (Å²) >= 11 is 4.82. The van der Waals surface area contributed by atoms with E-state index in [9.17, 15) is 4.79 Å². The summed E-state index contributed by atoms with van der Waals surface area (Å²) in [4.78, 5) is 10.7. The van der Waals surface area contributed by atoms with Crippen LogP contribution in [0.25, 0.3) is 0 Å².